The summed E-state index contributed by atoms with van der Waals surface area (Å²) in [6.07, 6.45) is 3.13. The molecular weight excluding hydrogens is 252 g/mol. The number of nitrogens with one attached hydrogen (secondary N) is 2. The first-order chi connectivity index (χ1) is 9.70. The van der Waals surface area contributed by atoms with Gasteiger partial charge in [-0.3, -0.25) is 4.79 Å². The number of carbonyl (C=O) groups excluding carboxylic acids is 1. The second-order valence-electron chi connectivity index (χ2n) is 4.46. The molecule has 0 radical (unpaired) electrons. The Hall–Kier alpha value is -2.43. The highest BCUT2D eigenvalue weighted by Crippen LogP contribution is 2.17. The predicted octanol–water partition coefficient (Wildman–Crippen LogP) is 2.15. The quantitative estimate of drug-likeness (QED) is 0.873. The number of carbonyl (C=O) groups is 1. The third-order valence-electron chi connectivity index (χ3n) is 2.86. The molecule has 0 unspecified atom stereocenters. The number of rotatable bonds is 5. The molecule has 1 aromatic carbocycles. The van der Waals surface area contributed by atoms with Gasteiger partial charge >= 0.3 is 0 Å². The molecule has 1 amide bonds. The standard InChI is InChI=1S/C15H18N4O/c1-3-17-14-8-11(2)4-5-13(14)15(20)18-9-12-6-7-16-10-19-12/h4-8,10,17H,3,9H2,1-2H3,(H,18,20). The molecule has 0 saturated heterocycles. The highest BCUT2D eigenvalue weighted by molar-refractivity contribution is 5.99. The van der Waals surface area contributed by atoms with Gasteiger partial charge in [-0.15, -0.1) is 0 Å². The number of anilines is 1. The van der Waals surface area contributed by atoms with Gasteiger partial charge in [0.2, 0.25) is 0 Å². The number of aryl methyl sites for hydroxylation is 1. The lowest BCUT2D eigenvalue weighted by Crippen LogP contribution is -2.24. The normalized spacial score (nSPS) is 10.1. The van der Waals surface area contributed by atoms with E-state index in [0.29, 0.717) is 12.1 Å². The number of aromatic nitrogens is 2. The van der Waals surface area contributed by atoms with Crippen molar-refractivity contribution in [2.75, 3.05) is 11.9 Å². The van der Waals surface area contributed by atoms with Crippen molar-refractivity contribution in [3.8, 4) is 0 Å². The summed E-state index contributed by atoms with van der Waals surface area (Å²) in [7, 11) is 0. The second-order valence-corrected chi connectivity index (χ2v) is 4.46. The number of nitrogens with zero attached hydrogens (tertiary/aromatic N) is 2. The van der Waals surface area contributed by atoms with Crippen molar-refractivity contribution in [1.82, 2.24) is 15.3 Å². The molecule has 0 aliphatic heterocycles. The smallest absolute Gasteiger partial charge is 0.253 e. The van der Waals surface area contributed by atoms with E-state index < -0.39 is 0 Å². The summed E-state index contributed by atoms with van der Waals surface area (Å²) in [5.74, 6) is -0.112. The van der Waals surface area contributed by atoms with Crippen LogP contribution in [-0.2, 0) is 6.54 Å². The fourth-order valence-electron chi connectivity index (χ4n) is 1.88. The molecular formula is C15H18N4O. The molecule has 5 nitrogen and oxygen atoms in total. The first-order valence-corrected chi connectivity index (χ1v) is 6.58. The summed E-state index contributed by atoms with van der Waals surface area (Å²) in [6.45, 7) is 5.17. The van der Waals surface area contributed by atoms with Crippen molar-refractivity contribution in [3.05, 3.63) is 53.6 Å². The van der Waals surface area contributed by atoms with Crippen LogP contribution in [0.4, 0.5) is 5.69 Å². The van der Waals surface area contributed by atoms with Crippen molar-refractivity contribution in [2.45, 2.75) is 20.4 Å². The SMILES string of the molecule is CCNc1cc(C)ccc1C(=O)NCc1ccncn1. The van der Waals surface area contributed by atoms with Gasteiger partial charge in [0.05, 0.1) is 17.8 Å². The second kappa shape index (κ2) is 6.65. The van der Waals surface area contributed by atoms with Crippen LogP contribution in [-0.4, -0.2) is 22.4 Å². The van der Waals surface area contributed by atoms with Crippen LogP contribution in [0.1, 0.15) is 28.5 Å². The van der Waals surface area contributed by atoms with E-state index in [2.05, 4.69) is 20.6 Å². The van der Waals surface area contributed by atoms with Gasteiger partial charge in [0.1, 0.15) is 6.33 Å². The fourth-order valence-corrected chi connectivity index (χ4v) is 1.88. The molecule has 1 heterocycles. The minimum atomic E-state index is -0.112. The third kappa shape index (κ3) is 3.54. The highest BCUT2D eigenvalue weighted by Gasteiger charge is 2.11. The van der Waals surface area contributed by atoms with Crippen molar-refractivity contribution in [3.63, 3.8) is 0 Å². The number of amides is 1. The minimum Gasteiger partial charge on any atom is -0.385 e. The van der Waals surface area contributed by atoms with Gasteiger partial charge in [-0.1, -0.05) is 6.07 Å². The molecule has 2 aromatic rings. The van der Waals surface area contributed by atoms with Crippen LogP contribution in [0, 0.1) is 6.92 Å². The lowest BCUT2D eigenvalue weighted by molar-refractivity contribution is 0.0951. The summed E-state index contributed by atoms with van der Waals surface area (Å²) >= 11 is 0. The monoisotopic (exact) mass is 270 g/mol. The Labute approximate surface area is 118 Å². The average molecular weight is 270 g/mol. The number of benzene rings is 1. The molecule has 0 spiro atoms. The summed E-state index contributed by atoms with van der Waals surface area (Å²) < 4.78 is 0. The van der Waals surface area contributed by atoms with Gasteiger partial charge in [-0.25, -0.2) is 9.97 Å². The zero-order valence-corrected chi connectivity index (χ0v) is 11.7. The summed E-state index contributed by atoms with van der Waals surface area (Å²) in [6, 6.07) is 7.52. The molecule has 0 bridgehead atoms. The largest absolute Gasteiger partial charge is 0.385 e. The Morgan fingerprint density at radius 3 is 2.85 bits per heavy atom. The molecule has 104 valence electrons. The maximum absolute atomic E-state index is 12.2. The maximum Gasteiger partial charge on any atom is 0.253 e. The number of hydrogen-bond donors (Lipinski definition) is 2. The number of hydrogen-bond acceptors (Lipinski definition) is 4. The van der Waals surface area contributed by atoms with Crippen LogP contribution in [0.2, 0.25) is 0 Å². The Balaban J connectivity index is 2.09. The van der Waals surface area contributed by atoms with Crippen LogP contribution < -0.4 is 10.6 Å². The van der Waals surface area contributed by atoms with E-state index in [-0.39, 0.29) is 5.91 Å². The van der Waals surface area contributed by atoms with Gasteiger partial charge in [0.25, 0.3) is 5.91 Å². The van der Waals surface area contributed by atoms with Crippen molar-refractivity contribution in [2.24, 2.45) is 0 Å². The van der Waals surface area contributed by atoms with Crippen LogP contribution in [0.3, 0.4) is 0 Å². The first-order valence-electron chi connectivity index (χ1n) is 6.58. The molecule has 5 heteroatoms. The average Bonchev–Trinajstić information content (AvgIpc) is 2.46. The Kier molecular flexibility index (Phi) is 4.65. The molecule has 1 aromatic heterocycles. The van der Waals surface area contributed by atoms with Gasteiger partial charge in [0, 0.05) is 18.4 Å². The van der Waals surface area contributed by atoms with Gasteiger partial charge < -0.3 is 10.6 Å². The van der Waals surface area contributed by atoms with E-state index >= 15 is 0 Å². The zero-order valence-electron chi connectivity index (χ0n) is 11.7. The van der Waals surface area contributed by atoms with Crippen LogP contribution in [0.5, 0.6) is 0 Å². The molecule has 2 rings (SSSR count). The molecule has 0 aliphatic rings. The fraction of sp³-hybridized carbons (Fsp3) is 0.267. The predicted molar refractivity (Wildman–Crippen MR) is 78.5 cm³/mol. The molecule has 0 aliphatic carbocycles. The lowest BCUT2D eigenvalue weighted by Gasteiger charge is -2.12. The first kappa shape index (κ1) is 14.0. The molecule has 20 heavy (non-hydrogen) atoms. The van der Waals surface area contributed by atoms with Crippen LogP contribution in [0.25, 0.3) is 0 Å². The van der Waals surface area contributed by atoms with E-state index in [0.717, 1.165) is 23.5 Å². The third-order valence-corrected chi connectivity index (χ3v) is 2.86. The summed E-state index contributed by atoms with van der Waals surface area (Å²) in [5.41, 5.74) is 3.40. The van der Waals surface area contributed by atoms with Gasteiger partial charge in [0.15, 0.2) is 0 Å². The zero-order chi connectivity index (χ0) is 14.4. The van der Waals surface area contributed by atoms with Crippen molar-refractivity contribution >= 4 is 11.6 Å². The maximum atomic E-state index is 12.2. The Morgan fingerprint density at radius 1 is 1.30 bits per heavy atom. The summed E-state index contributed by atoms with van der Waals surface area (Å²) in [5, 5.41) is 6.07. The van der Waals surface area contributed by atoms with E-state index in [1.807, 2.05) is 32.0 Å². The van der Waals surface area contributed by atoms with E-state index in [4.69, 9.17) is 0 Å². The van der Waals surface area contributed by atoms with E-state index in [9.17, 15) is 4.79 Å². The Morgan fingerprint density at radius 2 is 2.15 bits per heavy atom. The van der Waals surface area contributed by atoms with E-state index in [1.165, 1.54) is 6.33 Å². The van der Waals surface area contributed by atoms with Crippen LogP contribution >= 0.6 is 0 Å². The molecule has 0 fully saturated rings. The molecule has 0 saturated carbocycles. The van der Waals surface area contributed by atoms with E-state index in [1.54, 1.807) is 12.3 Å². The molecule has 2 N–H and O–H groups in total. The molecule has 0 atom stereocenters. The minimum absolute atomic E-state index is 0.112. The van der Waals surface area contributed by atoms with Crippen LogP contribution in [0.15, 0.2) is 36.8 Å². The van der Waals surface area contributed by atoms with Crippen molar-refractivity contribution < 1.29 is 4.79 Å². The topological polar surface area (TPSA) is 66.9 Å². The summed E-state index contributed by atoms with van der Waals surface area (Å²) in [4.78, 5) is 20.2. The lowest BCUT2D eigenvalue weighted by atomic mass is 10.1. The van der Waals surface area contributed by atoms with Crippen molar-refractivity contribution in [1.29, 1.82) is 0 Å². The van der Waals surface area contributed by atoms with Gasteiger partial charge in [-0.2, -0.15) is 0 Å². The van der Waals surface area contributed by atoms with Gasteiger partial charge in [-0.05, 0) is 37.6 Å². The Bertz CT molecular complexity index is 584. The highest BCUT2D eigenvalue weighted by atomic mass is 16.1.